The molecule has 118 valence electrons. The minimum atomic E-state index is -0.444. The van der Waals surface area contributed by atoms with Gasteiger partial charge in [0.1, 0.15) is 5.60 Å². The Morgan fingerprint density at radius 2 is 1.95 bits per heavy atom. The number of rotatable bonds is 6. The molecule has 0 aromatic heterocycles. The minimum Gasteiger partial charge on any atom is -0.444 e. The fraction of sp³-hybridized carbons (Fsp3) is 0.933. The zero-order valence-electron chi connectivity index (χ0n) is 13.1. The number of nitrogens with one attached hydrogen (secondary N) is 2. The average molecular weight is 286 g/mol. The molecule has 1 rings (SSSR count). The van der Waals surface area contributed by atoms with Gasteiger partial charge in [0.05, 0.1) is 0 Å². The zero-order valence-corrected chi connectivity index (χ0v) is 13.1. The first-order chi connectivity index (χ1) is 9.40. The topological polar surface area (TPSA) is 70.6 Å². The van der Waals surface area contributed by atoms with Gasteiger partial charge < -0.3 is 20.5 Å². The number of amides is 1. The second-order valence-corrected chi connectivity index (χ2v) is 6.59. The van der Waals surface area contributed by atoms with E-state index in [1.807, 2.05) is 20.8 Å². The van der Waals surface area contributed by atoms with Gasteiger partial charge in [-0.25, -0.2) is 4.79 Å². The molecule has 0 aromatic rings. The molecule has 0 saturated heterocycles. The smallest absolute Gasteiger partial charge is 0.407 e. The van der Waals surface area contributed by atoms with Gasteiger partial charge >= 0.3 is 6.09 Å². The van der Waals surface area contributed by atoms with Crippen LogP contribution >= 0.6 is 0 Å². The second kappa shape index (κ2) is 8.47. The summed E-state index contributed by atoms with van der Waals surface area (Å²) in [6.07, 6.45) is 5.79. The van der Waals surface area contributed by atoms with E-state index in [4.69, 9.17) is 9.84 Å². The van der Waals surface area contributed by atoms with Crippen LogP contribution in [0, 0.1) is 0 Å². The molecule has 1 saturated carbocycles. The van der Waals surface area contributed by atoms with E-state index in [9.17, 15) is 4.79 Å². The molecule has 20 heavy (non-hydrogen) atoms. The molecule has 1 aliphatic carbocycles. The molecule has 0 aliphatic heterocycles. The average Bonchev–Trinajstić information content (AvgIpc) is 2.32. The fourth-order valence-corrected chi connectivity index (χ4v) is 2.52. The molecular formula is C15H30N2O3. The van der Waals surface area contributed by atoms with Crippen LogP contribution in [-0.2, 0) is 4.74 Å². The summed E-state index contributed by atoms with van der Waals surface area (Å²) < 4.78 is 5.29. The molecule has 3 N–H and O–H groups in total. The lowest BCUT2D eigenvalue weighted by Crippen LogP contribution is -2.45. The zero-order chi connectivity index (χ0) is 15.0. The summed E-state index contributed by atoms with van der Waals surface area (Å²) in [5, 5.41) is 15.2. The van der Waals surface area contributed by atoms with E-state index < -0.39 is 5.60 Å². The first kappa shape index (κ1) is 17.2. The predicted molar refractivity (Wildman–Crippen MR) is 79.7 cm³/mol. The minimum absolute atomic E-state index is 0.203. The third-order valence-corrected chi connectivity index (χ3v) is 3.41. The van der Waals surface area contributed by atoms with Crippen molar-refractivity contribution in [3.8, 4) is 0 Å². The van der Waals surface area contributed by atoms with Gasteiger partial charge in [-0.15, -0.1) is 0 Å². The lowest BCUT2D eigenvalue weighted by molar-refractivity contribution is 0.0488. The monoisotopic (exact) mass is 286 g/mol. The number of hydrogen-bond acceptors (Lipinski definition) is 4. The van der Waals surface area contributed by atoms with E-state index in [0.717, 1.165) is 45.1 Å². The molecule has 1 amide bonds. The molecule has 0 spiro atoms. The largest absolute Gasteiger partial charge is 0.444 e. The number of carbonyl (C=O) groups excluding carboxylic acids is 1. The van der Waals surface area contributed by atoms with Gasteiger partial charge in [0.2, 0.25) is 0 Å². The van der Waals surface area contributed by atoms with E-state index in [2.05, 4.69) is 10.6 Å². The number of ether oxygens (including phenoxy) is 1. The molecule has 0 heterocycles. The predicted octanol–water partition coefficient (Wildman–Crippen LogP) is 2.18. The van der Waals surface area contributed by atoms with Crippen molar-refractivity contribution < 1.29 is 14.6 Å². The number of aliphatic hydroxyl groups is 1. The highest BCUT2D eigenvalue weighted by atomic mass is 16.6. The SMILES string of the molecule is CC(C)(C)OC(=O)NC1CCCC(NCCCCO)C1. The van der Waals surface area contributed by atoms with E-state index >= 15 is 0 Å². The van der Waals surface area contributed by atoms with Gasteiger partial charge in [-0.2, -0.15) is 0 Å². The van der Waals surface area contributed by atoms with Crippen molar-refractivity contribution in [2.24, 2.45) is 0 Å². The third-order valence-electron chi connectivity index (χ3n) is 3.41. The van der Waals surface area contributed by atoms with Crippen molar-refractivity contribution in [1.29, 1.82) is 0 Å². The quantitative estimate of drug-likeness (QED) is 0.655. The maximum atomic E-state index is 11.8. The maximum Gasteiger partial charge on any atom is 0.407 e. The van der Waals surface area contributed by atoms with Crippen molar-refractivity contribution in [3.05, 3.63) is 0 Å². The molecule has 0 bridgehead atoms. The van der Waals surface area contributed by atoms with Crippen LogP contribution in [0.4, 0.5) is 4.79 Å². The summed E-state index contributed by atoms with van der Waals surface area (Å²) in [6.45, 7) is 6.82. The summed E-state index contributed by atoms with van der Waals surface area (Å²) >= 11 is 0. The van der Waals surface area contributed by atoms with Gasteiger partial charge in [-0.1, -0.05) is 0 Å². The van der Waals surface area contributed by atoms with Crippen LogP contribution in [-0.4, -0.2) is 42.0 Å². The number of unbranched alkanes of at least 4 members (excludes halogenated alkanes) is 1. The lowest BCUT2D eigenvalue weighted by Gasteiger charge is -2.31. The summed E-state index contributed by atoms with van der Waals surface area (Å²) in [5.74, 6) is 0. The van der Waals surface area contributed by atoms with E-state index in [-0.39, 0.29) is 18.7 Å². The Hall–Kier alpha value is -0.810. The lowest BCUT2D eigenvalue weighted by atomic mass is 9.91. The molecule has 1 fully saturated rings. The van der Waals surface area contributed by atoms with Crippen LogP contribution in [0.3, 0.4) is 0 Å². The Bertz CT molecular complexity index is 289. The van der Waals surface area contributed by atoms with Crippen molar-refractivity contribution in [2.45, 2.75) is 77.0 Å². The normalized spacial score (nSPS) is 23.4. The van der Waals surface area contributed by atoms with Crippen LogP contribution < -0.4 is 10.6 Å². The van der Waals surface area contributed by atoms with Gasteiger partial charge in [-0.05, 0) is 65.8 Å². The highest BCUT2D eigenvalue weighted by molar-refractivity contribution is 5.68. The number of aliphatic hydroxyl groups excluding tert-OH is 1. The molecule has 1 aliphatic rings. The van der Waals surface area contributed by atoms with E-state index in [1.54, 1.807) is 0 Å². The highest BCUT2D eigenvalue weighted by Gasteiger charge is 2.25. The molecule has 2 unspecified atom stereocenters. The summed E-state index contributed by atoms with van der Waals surface area (Å²) in [5.41, 5.74) is -0.444. The number of alkyl carbamates (subject to hydrolysis) is 1. The van der Waals surface area contributed by atoms with Gasteiger partial charge in [0.25, 0.3) is 0 Å². The Morgan fingerprint density at radius 1 is 1.25 bits per heavy atom. The molecule has 5 heteroatoms. The molecule has 0 aromatic carbocycles. The van der Waals surface area contributed by atoms with E-state index in [1.165, 1.54) is 0 Å². The van der Waals surface area contributed by atoms with Crippen molar-refractivity contribution in [2.75, 3.05) is 13.2 Å². The Kier molecular flexibility index (Phi) is 7.30. The number of carbonyl (C=O) groups is 1. The Labute approximate surface area is 122 Å². The van der Waals surface area contributed by atoms with Crippen LogP contribution in [0.15, 0.2) is 0 Å². The molecule has 5 nitrogen and oxygen atoms in total. The second-order valence-electron chi connectivity index (χ2n) is 6.59. The molecular weight excluding hydrogens is 256 g/mol. The van der Waals surface area contributed by atoms with Crippen molar-refractivity contribution in [3.63, 3.8) is 0 Å². The Morgan fingerprint density at radius 3 is 2.60 bits per heavy atom. The molecule has 2 atom stereocenters. The summed E-state index contributed by atoms with van der Waals surface area (Å²) in [7, 11) is 0. The van der Waals surface area contributed by atoms with Crippen LogP contribution in [0.5, 0.6) is 0 Å². The third kappa shape index (κ3) is 7.70. The van der Waals surface area contributed by atoms with Crippen LogP contribution in [0.1, 0.15) is 59.3 Å². The van der Waals surface area contributed by atoms with Gasteiger partial charge in [0, 0.05) is 18.7 Å². The molecule has 0 radical (unpaired) electrons. The first-order valence-electron chi connectivity index (χ1n) is 7.74. The van der Waals surface area contributed by atoms with Crippen LogP contribution in [0.25, 0.3) is 0 Å². The summed E-state index contributed by atoms with van der Waals surface area (Å²) in [6, 6.07) is 0.663. The summed E-state index contributed by atoms with van der Waals surface area (Å²) in [4.78, 5) is 11.8. The van der Waals surface area contributed by atoms with Gasteiger partial charge in [-0.3, -0.25) is 0 Å². The maximum absolute atomic E-state index is 11.8. The highest BCUT2D eigenvalue weighted by Crippen LogP contribution is 2.19. The fourth-order valence-electron chi connectivity index (χ4n) is 2.52. The van der Waals surface area contributed by atoms with E-state index in [0.29, 0.717) is 6.04 Å². The Balaban J connectivity index is 2.24. The van der Waals surface area contributed by atoms with Gasteiger partial charge in [0.15, 0.2) is 0 Å². The van der Waals surface area contributed by atoms with Crippen molar-refractivity contribution in [1.82, 2.24) is 10.6 Å². The van der Waals surface area contributed by atoms with Crippen molar-refractivity contribution >= 4 is 6.09 Å². The standard InChI is InChI=1S/C15H30N2O3/c1-15(2,3)20-14(19)17-13-8-6-7-12(11-13)16-9-4-5-10-18/h12-13,16,18H,4-11H2,1-3H3,(H,17,19). The first-order valence-corrected chi connectivity index (χ1v) is 7.74. The van der Waals surface area contributed by atoms with Crippen LogP contribution in [0.2, 0.25) is 0 Å². The number of hydrogen-bond donors (Lipinski definition) is 3.